The number of hydrogen-bond acceptors (Lipinski definition) is 1. The lowest BCUT2D eigenvalue weighted by atomic mass is 9.99. The molecule has 2 heteroatoms. The molecule has 3 aromatic carbocycles. The van der Waals surface area contributed by atoms with Gasteiger partial charge in [-0.25, -0.2) is 0 Å². The highest BCUT2D eigenvalue weighted by Crippen LogP contribution is 2.24. The van der Waals surface area contributed by atoms with Crippen LogP contribution in [0.1, 0.15) is 24.1 Å². The van der Waals surface area contributed by atoms with Gasteiger partial charge in [0.05, 0.1) is 12.5 Å². The molecule has 0 aliphatic carbocycles. The molecule has 3 rings (SSSR count). The minimum Gasteiger partial charge on any atom is -0.349 e. The van der Waals surface area contributed by atoms with Crippen LogP contribution in [0, 0.1) is 0 Å². The Morgan fingerprint density at radius 3 is 2.41 bits per heavy atom. The van der Waals surface area contributed by atoms with Crippen molar-refractivity contribution in [1.82, 2.24) is 5.32 Å². The zero-order valence-corrected chi connectivity index (χ0v) is 12.6. The third-order valence-corrected chi connectivity index (χ3v) is 3.87. The number of nitrogens with one attached hydrogen (secondary N) is 1. The Labute approximate surface area is 130 Å². The molecular formula is C20H19NO. The Kier molecular flexibility index (Phi) is 4.19. The second-order valence-corrected chi connectivity index (χ2v) is 5.52. The standard InChI is InChI=1S/C20H19NO/c1-15(21-20(22)14-16-8-3-2-4-9-16)18-13-7-11-17-10-5-6-12-19(17)18/h2-13,15H,14H2,1H3,(H,21,22)/t15-/m0/s1. The molecule has 0 fully saturated rings. The second-order valence-electron chi connectivity index (χ2n) is 5.52. The van der Waals surface area contributed by atoms with Crippen molar-refractivity contribution in [3.63, 3.8) is 0 Å². The van der Waals surface area contributed by atoms with E-state index in [4.69, 9.17) is 0 Å². The van der Waals surface area contributed by atoms with Crippen molar-refractivity contribution in [2.75, 3.05) is 0 Å². The van der Waals surface area contributed by atoms with Crippen molar-refractivity contribution in [3.05, 3.63) is 83.9 Å². The van der Waals surface area contributed by atoms with Gasteiger partial charge in [-0.15, -0.1) is 0 Å². The van der Waals surface area contributed by atoms with Gasteiger partial charge in [-0.3, -0.25) is 4.79 Å². The smallest absolute Gasteiger partial charge is 0.224 e. The van der Waals surface area contributed by atoms with E-state index in [1.54, 1.807) is 0 Å². The topological polar surface area (TPSA) is 29.1 Å². The fourth-order valence-electron chi connectivity index (χ4n) is 2.78. The number of benzene rings is 3. The van der Waals surface area contributed by atoms with Crippen molar-refractivity contribution in [2.45, 2.75) is 19.4 Å². The third kappa shape index (κ3) is 3.17. The molecule has 0 aliphatic rings. The van der Waals surface area contributed by atoms with Gasteiger partial charge < -0.3 is 5.32 Å². The quantitative estimate of drug-likeness (QED) is 0.764. The molecule has 110 valence electrons. The largest absolute Gasteiger partial charge is 0.349 e. The summed E-state index contributed by atoms with van der Waals surface area (Å²) in [6, 6.07) is 24.3. The lowest BCUT2D eigenvalue weighted by Crippen LogP contribution is -2.28. The third-order valence-electron chi connectivity index (χ3n) is 3.87. The molecule has 22 heavy (non-hydrogen) atoms. The molecule has 1 N–H and O–H groups in total. The average Bonchev–Trinajstić information content (AvgIpc) is 2.55. The summed E-state index contributed by atoms with van der Waals surface area (Å²) in [5.74, 6) is 0.0478. The van der Waals surface area contributed by atoms with Crippen LogP contribution in [-0.4, -0.2) is 5.91 Å². The average molecular weight is 289 g/mol. The van der Waals surface area contributed by atoms with E-state index in [2.05, 4.69) is 29.6 Å². The van der Waals surface area contributed by atoms with Crippen LogP contribution in [0.25, 0.3) is 10.8 Å². The molecule has 1 amide bonds. The summed E-state index contributed by atoms with van der Waals surface area (Å²) in [4.78, 5) is 12.2. The first kappa shape index (κ1) is 14.3. The van der Waals surface area contributed by atoms with E-state index in [-0.39, 0.29) is 11.9 Å². The lowest BCUT2D eigenvalue weighted by molar-refractivity contribution is -0.121. The van der Waals surface area contributed by atoms with E-state index in [9.17, 15) is 4.79 Å². The first-order valence-corrected chi connectivity index (χ1v) is 7.55. The molecule has 0 saturated heterocycles. The van der Waals surface area contributed by atoms with Crippen LogP contribution >= 0.6 is 0 Å². The van der Waals surface area contributed by atoms with Crippen molar-refractivity contribution >= 4 is 16.7 Å². The molecule has 0 saturated carbocycles. The zero-order valence-electron chi connectivity index (χ0n) is 12.6. The normalized spacial score (nSPS) is 12.0. The Morgan fingerprint density at radius 2 is 1.59 bits per heavy atom. The Hall–Kier alpha value is -2.61. The molecule has 0 bridgehead atoms. The molecule has 0 radical (unpaired) electrons. The zero-order chi connectivity index (χ0) is 15.4. The lowest BCUT2D eigenvalue weighted by Gasteiger charge is -2.16. The molecule has 3 aromatic rings. The Bertz CT molecular complexity index is 775. The van der Waals surface area contributed by atoms with Gasteiger partial charge in [0, 0.05) is 0 Å². The van der Waals surface area contributed by atoms with Gasteiger partial charge in [-0.05, 0) is 28.8 Å². The highest BCUT2D eigenvalue weighted by atomic mass is 16.1. The van der Waals surface area contributed by atoms with E-state index in [0.29, 0.717) is 6.42 Å². The van der Waals surface area contributed by atoms with Crippen LogP contribution in [0.2, 0.25) is 0 Å². The predicted octanol–water partition coefficient (Wildman–Crippen LogP) is 4.26. The van der Waals surface area contributed by atoms with Crippen LogP contribution < -0.4 is 5.32 Å². The van der Waals surface area contributed by atoms with Crippen LogP contribution in [0.5, 0.6) is 0 Å². The molecule has 1 atom stereocenters. The molecular weight excluding hydrogens is 270 g/mol. The van der Waals surface area contributed by atoms with E-state index in [1.807, 2.05) is 55.5 Å². The van der Waals surface area contributed by atoms with Gasteiger partial charge >= 0.3 is 0 Å². The minimum atomic E-state index is -0.0117. The predicted molar refractivity (Wildman–Crippen MR) is 90.7 cm³/mol. The summed E-state index contributed by atoms with van der Waals surface area (Å²) in [6.07, 6.45) is 0.413. The van der Waals surface area contributed by atoms with Crippen molar-refractivity contribution in [1.29, 1.82) is 0 Å². The molecule has 2 nitrogen and oxygen atoms in total. The van der Waals surface area contributed by atoms with Gasteiger partial charge in [0.2, 0.25) is 5.91 Å². The van der Waals surface area contributed by atoms with Crippen molar-refractivity contribution in [3.8, 4) is 0 Å². The highest BCUT2D eigenvalue weighted by molar-refractivity contribution is 5.87. The summed E-state index contributed by atoms with van der Waals surface area (Å²) < 4.78 is 0. The van der Waals surface area contributed by atoms with E-state index in [1.165, 1.54) is 10.8 Å². The first-order chi connectivity index (χ1) is 10.7. The maximum absolute atomic E-state index is 12.2. The number of carbonyl (C=O) groups is 1. The second kappa shape index (κ2) is 6.44. The molecule has 0 aliphatic heterocycles. The van der Waals surface area contributed by atoms with Crippen LogP contribution in [0.3, 0.4) is 0 Å². The van der Waals surface area contributed by atoms with Gasteiger partial charge in [-0.1, -0.05) is 72.8 Å². The Morgan fingerprint density at radius 1 is 0.909 bits per heavy atom. The number of carbonyl (C=O) groups excluding carboxylic acids is 1. The van der Waals surface area contributed by atoms with E-state index in [0.717, 1.165) is 11.1 Å². The molecule has 0 spiro atoms. The van der Waals surface area contributed by atoms with Gasteiger partial charge in [-0.2, -0.15) is 0 Å². The maximum atomic E-state index is 12.2. The van der Waals surface area contributed by atoms with E-state index >= 15 is 0 Å². The van der Waals surface area contributed by atoms with Crippen LogP contribution in [-0.2, 0) is 11.2 Å². The number of hydrogen-bond donors (Lipinski definition) is 1. The van der Waals surface area contributed by atoms with Crippen LogP contribution in [0.15, 0.2) is 72.8 Å². The monoisotopic (exact) mass is 289 g/mol. The SMILES string of the molecule is C[C@H](NC(=O)Cc1ccccc1)c1cccc2ccccc12. The first-order valence-electron chi connectivity index (χ1n) is 7.55. The van der Waals surface area contributed by atoms with Crippen molar-refractivity contribution < 1.29 is 4.79 Å². The summed E-state index contributed by atoms with van der Waals surface area (Å²) in [5.41, 5.74) is 2.18. The fourth-order valence-corrected chi connectivity index (χ4v) is 2.78. The summed E-state index contributed by atoms with van der Waals surface area (Å²) in [7, 11) is 0. The minimum absolute atomic E-state index is 0.0117. The number of fused-ring (bicyclic) bond motifs is 1. The summed E-state index contributed by atoms with van der Waals surface area (Å²) in [6.45, 7) is 2.03. The Balaban J connectivity index is 1.76. The van der Waals surface area contributed by atoms with Crippen molar-refractivity contribution in [2.24, 2.45) is 0 Å². The van der Waals surface area contributed by atoms with Gasteiger partial charge in [0.15, 0.2) is 0 Å². The highest BCUT2D eigenvalue weighted by Gasteiger charge is 2.12. The van der Waals surface area contributed by atoms with Gasteiger partial charge in [0.1, 0.15) is 0 Å². The van der Waals surface area contributed by atoms with Crippen LogP contribution in [0.4, 0.5) is 0 Å². The number of rotatable bonds is 4. The molecule has 0 heterocycles. The summed E-state index contributed by atoms with van der Waals surface area (Å²) >= 11 is 0. The van der Waals surface area contributed by atoms with E-state index < -0.39 is 0 Å². The summed E-state index contributed by atoms with van der Waals surface area (Å²) in [5, 5.41) is 5.49. The fraction of sp³-hybridized carbons (Fsp3) is 0.150. The van der Waals surface area contributed by atoms with Gasteiger partial charge in [0.25, 0.3) is 0 Å². The molecule has 0 aromatic heterocycles. The maximum Gasteiger partial charge on any atom is 0.224 e. The molecule has 0 unspecified atom stereocenters. The number of amides is 1.